The molecule has 1 aromatic carbocycles. The first kappa shape index (κ1) is 17.8. The number of methoxy groups -OCH3 is 1. The molecule has 0 aliphatic heterocycles. The van der Waals surface area contributed by atoms with Crippen molar-refractivity contribution in [2.24, 2.45) is 10.2 Å². The molecule has 0 aromatic heterocycles. The predicted molar refractivity (Wildman–Crippen MR) is 88.8 cm³/mol. The van der Waals surface area contributed by atoms with E-state index in [2.05, 4.69) is 15.3 Å². The molecular weight excluding hydrogens is 306 g/mol. The average Bonchev–Trinajstić information content (AvgIpc) is 2.52. The lowest BCUT2D eigenvalue weighted by molar-refractivity contribution is 0.0873. The van der Waals surface area contributed by atoms with Gasteiger partial charge in [0.25, 0.3) is 5.91 Å². The van der Waals surface area contributed by atoms with E-state index < -0.39 is 0 Å². The maximum Gasteiger partial charge on any atom is 0.269 e. The number of hydrogen-bond acceptors (Lipinski definition) is 6. The first-order chi connectivity index (χ1) is 10.6. The van der Waals surface area contributed by atoms with Gasteiger partial charge in [-0.25, -0.2) is 0 Å². The minimum absolute atomic E-state index is 0.264. The highest BCUT2D eigenvalue weighted by Crippen LogP contribution is 2.19. The summed E-state index contributed by atoms with van der Waals surface area (Å²) in [7, 11) is 4.98. The lowest BCUT2D eigenvalue weighted by Gasteiger charge is -2.16. The van der Waals surface area contributed by atoms with Crippen molar-refractivity contribution in [1.82, 2.24) is 10.4 Å². The zero-order valence-electron chi connectivity index (χ0n) is 12.8. The van der Waals surface area contributed by atoms with Crippen LogP contribution in [0.15, 0.2) is 35.1 Å². The maximum absolute atomic E-state index is 12.1. The summed E-state index contributed by atoms with van der Waals surface area (Å²) in [4.78, 5) is 12.1. The average molecular weight is 326 g/mol. The highest BCUT2D eigenvalue weighted by Gasteiger charge is 2.13. The van der Waals surface area contributed by atoms with Crippen LogP contribution in [0.25, 0.3) is 0 Å². The smallest absolute Gasteiger partial charge is 0.269 e. The number of rotatable bonds is 7. The highest BCUT2D eigenvalue weighted by atomic mass is 35.5. The molecule has 0 aliphatic carbocycles. The van der Waals surface area contributed by atoms with E-state index in [0.717, 1.165) is 11.3 Å². The zero-order valence-corrected chi connectivity index (χ0v) is 13.5. The van der Waals surface area contributed by atoms with Crippen LogP contribution >= 0.6 is 11.8 Å². The van der Waals surface area contributed by atoms with Gasteiger partial charge in [0.1, 0.15) is 0 Å². The molecule has 8 heteroatoms. The number of ether oxygens (including phenoxy) is 1. The molecule has 0 aliphatic rings. The lowest BCUT2D eigenvalue weighted by atomic mass is 10.0. The van der Waals surface area contributed by atoms with Crippen molar-refractivity contribution in [2.45, 2.75) is 0 Å². The first-order valence-corrected chi connectivity index (χ1v) is 6.82. The van der Waals surface area contributed by atoms with Crippen LogP contribution in [-0.4, -0.2) is 44.4 Å². The van der Waals surface area contributed by atoms with Gasteiger partial charge in [-0.3, -0.25) is 15.2 Å². The van der Waals surface area contributed by atoms with Gasteiger partial charge in [-0.05, 0) is 12.1 Å². The SMILES string of the molecule is CNc1cc(C(=O)NN(C)/C=C\N)ccc1/C(COC)=N\Cl. The molecule has 0 bridgehead atoms. The van der Waals surface area contributed by atoms with Crippen LogP contribution in [0.3, 0.4) is 0 Å². The zero-order chi connectivity index (χ0) is 16.5. The quantitative estimate of drug-likeness (QED) is 0.519. The van der Waals surface area contributed by atoms with Crippen molar-refractivity contribution in [3.63, 3.8) is 0 Å². The predicted octanol–water partition coefficient (Wildman–Crippen LogP) is 1.32. The Morgan fingerprint density at radius 3 is 2.82 bits per heavy atom. The van der Waals surface area contributed by atoms with Crippen LogP contribution in [-0.2, 0) is 4.74 Å². The van der Waals surface area contributed by atoms with Crippen molar-refractivity contribution in [3.05, 3.63) is 41.7 Å². The van der Waals surface area contributed by atoms with E-state index in [1.54, 1.807) is 39.4 Å². The van der Waals surface area contributed by atoms with Crippen LogP contribution in [0.1, 0.15) is 15.9 Å². The van der Waals surface area contributed by atoms with E-state index in [1.807, 2.05) is 0 Å². The van der Waals surface area contributed by atoms with Crippen molar-refractivity contribution in [3.8, 4) is 0 Å². The summed E-state index contributed by atoms with van der Waals surface area (Å²) in [5, 5.41) is 4.48. The molecule has 0 radical (unpaired) electrons. The molecular formula is C14H20ClN5O2. The third-order valence-corrected chi connectivity index (χ3v) is 3.04. The monoisotopic (exact) mass is 325 g/mol. The van der Waals surface area contributed by atoms with Gasteiger partial charge in [-0.15, -0.1) is 0 Å². The third kappa shape index (κ3) is 4.64. The Hall–Kier alpha value is -2.25. The van der Waals surface area contributed by atoms with Crippen LogP contribution in [0.5, 0.6) is 0 Å². The molecule has 4 N–H and O–H groups in total. The number of nitrogens with one attached hydrogen (secondary N) is 2. The van der Waals surface area contributed by atoms with Crippen LogP contribution in [0.2, 0.25) is 0 Å². The number of benzene rings is 1. The summed E-state index contributed by atoms with van der Waals surface area (Å²) in [5.74, 6) is -0.264. The third-order valence-electron chi connectivity index (χ3n) is 2.83. The lowest BCUT2D eigenvalue weighted by Crippen LogP contribution is -2.35. The van der Waals surface area contributed by atoms with Crippen molar-refractivity contribution in [1.29, 1.82) is 0 Å². The Bertz CT molecular complexity index is 574. The number of amides is 1. The number of anilines is 1. The molecule has 1 amide bonds. The highest BCUT2D eigenvalue weighted by molar-refractivity contribution is 6.24. The number of carbonyl (C=O) groups is 1. The van der Waals surface area contributed by atoms with E-state index in [1.165, 1.54) is 17.4 Å². The van der Waals surface area contributed by atoms with Gasteiger partial charge < -0.3 is 15.8 Å². The molecule has 1 rings (SSSR count). The number of hydrazine groups is 1. The fourth-order valence-electron chi connectivity index (χ4n) is 1.82. The summed E-state index contributed by atoms with van der Waals surface area (Å²) in [6, 6.07) is 5.16. The molecule has 1 aromatic rings. The van der Waals surface area contributed by atoms with E-state index in [-0.39, 0.29) is 12.5 Å². The Labute approximate surface area is 134 Å². The summed E-state index contributed by atoms with van der Waals surface area (Å²) < 4.78 is 8.75. The number of nitrogens with two attached hydrogens (primary N) is 1. The van der Waals surface area contributed by atoms with Gasteiger partial charge in [-0.2, -0.15) is 4.51 Å². The van der Waals surface area contributed by atoms with Crippen molar-refractivity contribution < 1.29 is 9.53 Å². The molecule has 0 spiro atoms. The molecule has 0 heterocycles. The van der Waals surface area contributed by atoms with Crippen molar-refractivity contribution >= 4 is 29.1 Å². The first-order valence-electron chi connectivity index (χ1n) is 6.48. The van der Waals surface area contributed by atoms with Gasteiger partial charge in [0.15, 0.2) is 0 Å². The van der Waals surface area contributed by atoms with Gasteiger partial charge >= 0.3 is 0 Å². The summed E-state index contributed by atoms with van der Waals surface area (Å²) in [5.41, 5.74) is 10.5. The molecule has 0 unspecified atom stereocenters. The topological polar surface area (TPSA) is 92.0 Å². The molecule has 0 fully saturated rings. The number of hydrogen-bond donors (Lipinski definition) is 3. The second-order valence-electron chi connectivity index (χ2n) is 4.37. The second-order valence-corrected chi connectivity index (χ2v) is 4.54. The molecule has 0 saturated heterocycles. The van der Waals surface area contributed by atoms with Crippen LogP contribution in [0.4, 0.5) is 5.69 Å². The number of carbonyl (C=O) groups excluding carboxylic acids is 1. The second kappa shape index (κ2) is 8.91. The Balaban J connectivity index is 3.04. The Morgan fingerprint density at radius 2 is 2.27 bits per heavy atom. The Morgan fingerprint density at radius 1 is 1.55 bits per heavy atom. The minimum Gasteiger partial charge on any atom is -0.403 e. The van der Waals surface area contributed by atoms with Crippen molar-refractivity contribution in [2.75, 3.05) is 33.1 Å². The standard InChI is InChI=1S/C14H20ClN5O2/c1-17-12-8-10(14(21)19-20(2)7-6-16)4-5-11(12)13(18-15)9-22-3/h4-8,17H,9,16H2,1-3H3,(H,19,21)/b7-6-,18-13-. The number of nitrogens with zero attached hydrogens (tertiary/aromatic N) is 2. The normalized spacial score (nSPS) is 11.5. The van der Waals surface area contributed by atoms with Gasteiger partial charge in [0.2, 0.25) is 0 Å². The fraction of sp³-hybridized carbons (Fsp3) is 0.286. The molecule has 0 saturated carbocycles. The van der Waals surface area contributed by atoms with E-state index in [4.69, 9.17) is 22.2 Å². The fourth-order valence-corrected chi connectivity index (χ4v) is 1.96. The van der Waals surface area contributed by atoms with E-state index in [9.17, 15) is 4.79 Å². The molecule has 120 valence electrons. The number of halogens is 1. The molecule has 7 nitrogen and oxygen atoms in total. The largest absolute Gasteiger partial charge is 0.403 e. The molecule has 0 atom stereocenters. The van der Waals surface area contributed by atoms with Crippen LogP contribution < -0.4 is 16.5 Å². The van der Waals surface area contributed by atoms with Crippen LogP contribution in [0, 0.1) is 0 Å². The summed E-state index contributed by atoms with van der Waals surface area (Å²) >= 11 is 5.59. The van der Waals surface area contributed by atoms with Gasteiger partial charge in [0, 0.05) is 62.2 Å². The van der Waals surface area contributed by atoms with Gasteiger partial charge in [-0.1, -0.05) is 6.07 Å². The minimum atomic E-state index is -0.264. The Kier molecular flexibility index (Phi) is 7.21. The summed E-state index contributed by atoms with van der Waals surface area (Å²) in [6.07, 6.45) is 2.86. The maximum atomic E-state index is 12.1. The van der Waals surface area contributed by atoms with Gasteiger partial charge in [0.05, 0.1) is 12.3 Å². The van der Waals surface area contributed by atoms with E-state index in [0.29, 0.717) is 11.3 Å². The molecule has 22 heavy (non-hydrogen) atoms. The van der Waals surface area contributed by atoms with E-state index >= 15 is 0 Å². The summed E-state index contributed by atoms with van der Waals surface area (Å²) in [6.45, 7) is 0.272.